The second kappa shape index (κ2) is 8.95. The number of ether oxygens (including phenoxy) is 1. The Labute approximate surface area is 213 Å². The highest BCUT2D eigenvalue weighted by Gasteiger charge is 2.49. The minimum atomic E-state index is -3.81. The summed E-state index contributed by atoms with van der Waals surface area (Å²) in [5, 5.41) is 13.7. The number of nitrogens with zero attached hydrogens (tertiary/aromatic N) is 3. The third kappa shape index (κ3) is 4.21. The smallest absolute Gasteiger partial charge is 0.303 e. The van der Waals surface area contributed by atoms with Gasteiger partial charge in [0.05, 0.1) is 29.1 Å². The van der Waals surface area contributed by atoms with Gasteiger partial charge in [-0.15, -0.1) is 0 Å². The van der Waals surface area contributed by atoms with Crippen LogP contribution in [0.15, 0.2) is 30.3 Å². The SMILES string of the molecule is COC[C@@]1(C)C(=O)N(C)c2cc3c(N[C@H](C)c4cccc(C(F)(F)C(C)(C)O)c4F)nc(C)nc3cc21. The van der Waals surface area contributed by atoms with E-state index in [2.05, 4.69) is 15.3 Å². The fraction of sp³-hybridized carbons (Fsp3) is 0.444. The lowest BCUT2D eigenvalue weighted by Gasteiger charge is -2.30. The molecule has 10 heteroatoms. The van der Waals surface area contributed by atoms with Crippen LogP contribution >= 0.6 is 0 Å². The molecule has 0 radical (unpaired) electrons. The van der Waals surface area contributed by atoms with Crippen molar-refractivity contribution in [3.63, 3.8) is 0 Å². The van der Waals surface area contributed by atoms with Gasteiger partial charge >= 0.3 is 5.92 Å². The van der Waals surface area contributed by atoms with E-state index in [0.717, 1.165) is 25.5 Å². The molecule has 2 atom stereocenters. The molecule has 3 aromatic rings. The molecule has 4 rings (SSSR count). The van der Waals surface area contributed by atoms with Gasteiger partial charge in [0.25, 0.3) is 0 Å². The highest BCUT2D eigenvalue weighted by Crippen LogP contribution is 2.45. The number of aromatic nitrogens is 2. The lowest BCUT2D eigenvalue weighted by molar-refractivity contribution is -0.170. The first kappa shape index (κ1) is 26.8. The molecule has 37 heavy (non-hydrogen) atoms. The van der Waals surface area contributed by atoms with Crippen molar-refractivity contribution < 1.29 is 27.8 Å². The number of hydrogen-bond acceptors (Lipinski definition) is 6. The van der Waals surface area contributed by atoms with Crippen molar-refractivity contribution in [3.05, 3.63) is 58.7 Å². The first-order valence-electron chi connectivity index (χ1n) is 11.9. The Morgan fingerprint density at radius 1 is 1.24 bits per heavy atom. The van der Waals surface area contributed by atoms with Crippen LogP contribution in [0.2, 0.25) is 0 Å². The Kier molecular flexibility index (Phi) is 6.49. The molecule has 0 saturated carbocycles. The van der Waals surface area contributed by atoms with Crippen molar-refractivity contribution in [1.82, 2.24) is 9.97 Å². The van der Waals surface area contributed by atoms with Gasteiger partial charge < -0.3 is 20.1 Å². The van der Waals surface area contributed by atoms with Crippen molar-refractivity contribution in [1.29, 1.82) is 0 Å². The number of hydrogen-bond donors (Lipinski definition) is 2. The summed E-state index contributed by atoms with van der Waals surface area (Å²) in [5.41, 5.74) is -2.18. The summed E-state index contributed by atoms with van der Waals surface area (Å²) < 4.78 is 50.3. The maximum atomic E-state index is 15.4. The summed E-state index contributed by atoms with van der Waals surface area (Å²) in [4.78, 5) is 23.6. The molecule has 0 saturated heterocycles. The number of aryl methyl sites for hydroxylation is 1. The van der Waals surface area contributed by atoms with Gasteiger partial charge in [0.15, 0.2) is 0 Å². The largest absolute Gasteiger partial charge is 0.384 e. The zero-order chi connectivity index (χ0) is 27.5. The van der Waals surface area contributed by atoms with Gasteiger partial charge in [0.1, 0.15) is 23.1 Å². The van der Waals surface area contributed by atoms with Crippen LogP contribution in [-0.2, 0) is 20.9 Å². The summed E-state index contributed by atoms with van der Waals surface area (Å²) in [6.07, 6.45) is 0. The normalized spacial score (nSPS) is 18.9. The highest BCUT2D eigenvalue weighted by atomic mass is 19.3. The Morgan fingerprint density at radius 3 is 2.54 bits per heavy atom. The molecule has 2 aromatic carbocycles. The molecule has 1 amide bonds. The van der Waals surface area contributed by atoms with Crippen LogP contribution in [0.1, 0.15) is 56.3 Å². The summed E-state index contributed by atoms with van der Waals surface area (Å²) in [7, 11) is 3.22. The zero-order valence-corrected chi connectivity index (χ0v) is 21.9. The number of nitrogens with one attached hydrogen (secondary N) is 1. The van der Waals surface area contributed by atoms with E-state index in [9.17, 15) is 18.7 Å². The molecule has 2 heterocycles. The van der Waals surface area contributed by atoms with Gasteiger partial charge in [-0.1, -0.05) is 12.1 Å². The van der Waals surface area contributed by atoms with E-state index >= 15 is 4.39 Å². The average molecular weight is 517 g/mol. The number of rotatable bonds is 7. The summed E-state index contributed by atoms with van der Waals surface area (Å²) in [6.45, 7) is 7.24. The molecule has 0 unspecified atom stereocenters. The monoisotopic (exact) mass is 516 g/mol. The second-order valence-corrected chi connectivity index (χ2v) is 10.3. The lowest BCUT2D eigenvalue weighted by atomic mass is 9.84. The van der Waals surface area contributed by atoms with E-state index in [4.69, 9.17) is 4.74 Å². The number of carbonyl (C=O) groups excluding carboxylic acids is 1. The number of carbonyl (C=O) groups is 1. The topological polar surface area (TPSA) is 87.6 Å². The molecule has 1 aliphatic rings. The quantitative estimate of drug-likeness (QED) is 0.460. The van der Waals surface area contributed by atoms with E-state index in [1.807, 2.05) is 13.0 Å². The molecule has 7 nitrogen and oxygen atoms in total. The van der Waals surface area contributed by atoms with Gasteiger partial charge in [-0.05, 0) is 58.4 Å². The van der Waals surface area contributed by atoms with Gasteiger partial charge in [-0.2, -0.15) is 8.78 Å². The van der Waals surface area contributed by atoms with Gasteiger partial charge in [0.2, 0.25) is 5.91 Å². The number of fused-ring (bicyclic) bond motifs is 2. The number of alkyl halides is 2. The number of amides is 1. The Balaban J connectivity index is 1.79. The molecular formula is C27H31F3N4O3. The van der Waals surface area contributed by atoms with Crippen LogP contribution in [0.5, 0.6) is 0 Å². The number of benzene rings is 2. The number of methoxy groups -OCH3 is 1. The molecule has 0 fully saturated rings. The van der Waals surface area contributed by atoms with Gasteiger partial charge in [-0.3, -0.25) is 4.79 Å². The maximum Gasteiger partial charge on any atom is 0.303 e. The van der Waals surface area contributed by atoms with E-state index in [1.54, 1.807) is 39.0 Å². The molecular weight excluding hydrogens is 485 g/mol. The van der Waals surface area contributed by atoms with Crippen LogP contribution < -0.4 is 10.2 Å². The van der Waals surface area contributed by atoms with Gasteiger partial charge in [0, 0.05) is 30.8 Å². The predicted molar refractivity (Wildman–Crippen MR) is 136 cm³/mol. The predicted octanol–water partition coefficient (Wildman–Crippen LogP) is 4.99. The minimum Gasteiger partial charge on any atom is -0.384 e. The van der Waals surface area contributed by atoms with Crippen LogP contribution in [0.25, 0.3) is 10.9 Å². The van der Waals surface area contributed by atoms with Crippen LogP contribution in [-0.4, -0.2) is 47.3 Å². The summed E-state index contributed by atoms with van der Waals surface area (Å²) in [6, 6.07) is 6.59. The molecule has 0 aliphatic carbocycles. The van der Waals surface area contributed by atoms with Crippen LogP contribution in [0, 0.1) is 12.7 Å². The van der Waals surface area contributed by atoms with Crippen molar-refractivity contribution in [3.8, 4) is 0 Å². The highest BCUT2D eigenvalue weighted by molar-refractivity contribution is 6.10. The standard InChI is InChI=1S/C27H31F3N4O3/c1-14(16-9-8-10-18(22(16)28)27(29,30)25(3,4)36)31-23-17-11-21-19(12-20(17)32-15(2)33-23)26(5,13-37-7)24(35)34(21)6/h8-12,14,36H,13H2,1-7H3,(H,31,32,33)/t14-,26-/m1/s1. The fourth-order valence-electron chi connectivity index (χ4n) is 4.87. The first-order chi connectivity index (χ1) is 17.1. The Bertz CT molecular complexity index is 1390. The van der Waals surface area contributed by atoms with Gasteiger partial charge in [-0.25, -0.2) is 14.4 Å². The molecule has 1 aromatic heterocycles. The van der Waals surface area contributed by atoms with E-state index in [1.165, 1.54) is 12.1 Å². The van der Waals surface area contributed by atoms with E-state index < -0.39 is 34.4 Å². The molecule has 2 N–H and O–H groups in total. The van der Waals surface area contributed by atoms with Crippen molar-refractivity contribution in [2.75, 3.05) is 31.0 Å². The van der Waals surface area contributed by atoms with E-state index in [-0.39, 0.29) is 18.1 Å². The Morgan fingerprint density at radius 2 is 1.92 bits per heavy atom. The zero-order valence-electron chi connectivity index (χ0n) is 21.9. The minimum absolute atomic E-state index is 0.00744. The molecule has 1 aliphatic heterocycles. The van der Waals surface area contributed by atoms with Crippen LogP contribution in [0.4, 0.5) is 24.7 Å². The third-order valence-corrected chi connectivity index (χ3v) is 7.05. The van der Waals surface area contributed by atoms with Crippen molar-refractivity contribution >= 4 is 28.3 Å². The molecule has 198 valence electrons. The van der Waals surface area contributed by atoms with Crippen LogP contribution in [0.3, 0.4) is 0 Å². The number of aliphatic hydroxyl groups is 1. The number of halogens is 3. The second-order valence-electron chi connectivity index (χ2n) is 10.3. The Hall–Kier alpha value is -3.24. The first-order valence-corrected chi connectivity index (χ1v) is 11.9. The lowest BCUT2D eigenvalue weighted by Crippen LogP contribution is -2.41. The number of likely N-dealkylation sites (N-methyl/N-ethyl adjacent to an activating group) is 1. The summed E-state index contributed by atoms with van der Waals surface area (Å²) >= 11 is 0. The third-order valence-electron chi connectivity index (χ3n) is 7.05. The van der Waals surface area contributed by atoms with Crippen molar-refractivity contribution in [2.24, 2.45) is 0 Å². The van der Waals surface area contributed by atoms with E-state index in [0.29, 0.717) is 28.2 Å². The molecule has 0 spiro atoms. The average Bonchev–Trinajstić information content (AvgIpc) is 2.98. The van der Waals surface area contributed by atoms with Crippen molar-refractivity contribution in [2.45, 2.75) is 57.6 Å². The summed E-state index contributed by atoms with van der Waals surface area (Å²) in [5.74, 6) is -4.21. The fourth-order valence-corrected chi connectivity index (χ4v) is 4.87. The number of anilines is 2. The maximum absolute atomic E-state index is 15.4. The molecule has 0 bridgehead atoms.